The fourth-order valence-electron chi connectivity index (χ4n) is 3.68. The van der Waals surface area contributed by atoms with E-state index in [1.807, 2.05) is 42.5 Å². The molecule has 1 aliphatic rings. The van der Waals surface area contributed by atoms with Gasteiger partial charge >= 0.3 is 0 Å². The maximum absolute atomic E-state index is 13.5. The van der Waals surface area contributed by atoms with Crippen molar-refractivity contribution in [2.24, 2.45) is 10.7 Å². The summed E-state index contributed by atoms with van der Waals surface area (Å²) in [5.41, 5.74) is 7.70. The van der Waals surface area contributed by atoms with Crippen molar-refractivity contribution in [3.05, 3.63) is 83.7 Å². The monoisotopic (exact) mass is 404 g/mol. The molecule has 0 aliphatic carbocycles. The third-order valence-corrected chi connectivity index (χ3v) is 5.28. The summed E-state index contributed by atoms with van der Waals surface area (Å²) in [4.78, 5) is 23.3. The van der Waals surface area contributed by atoms with Gasteiger partial charge in [0.15, 0.2) is 11.5 Å². The highest BCUT2D eigenvalue weighted by Crippen LogP contribution is 2.42. The van der Waals surface area contributed by atoms with Crippen LogP contribution < -0.4 is 10.5 Å². The van der Waals surface area contributed by atoms with Gasteiger partial charge in [-0.3, -0.25) is 14.7 Å². The molecule has 3 aromatic rings. The van der Waals surface area contributed by atoms with Crippen molar-refractivity contribution in [3.63, 3.8) is 0 Å². The number of alkyl halides is 1. The molecule has 0 fully saturated rings. The standard InChI is InChI=1S/C23H21FN4O2/c1-28-21(29)23(27-22(28)25,17-8-9-26-19(12-17)14-24)18-10-16(11-20(13-18)30-2)15-6-4-3-5-7-15/h3-13H,14H2,1-2H3,(H2,25,27). The Hall–Kier alpha value is -3.74. The molecule has 6 nitrogen and oxygen atoms in total. The number of methoxy groups -OCH3 is 1. The van der Waals surface area contributed by atoms with Gasteiger partial charge in [-0.25, -0.2) is 9.38 Å². The lowest BCUT2D eigenvalue weighted by atomic mass is 9.81. The number of carbonyl (C=O) groups excluding carboxylic acids is 1. The molecule has 0 saturated heterocycles. The van der Waals surface area contributed by atoms with Crippen LogP contribution in [0.1, 0.15) is 16.8 Å². The minimum Gasteiger partial charge on any atom is -0.497 e. The van der Waals surface area contributed by atoms with Crippen LogP contribution in [0.5, 0.6) is 5.75 Å². The summed E-state index contributed by atoms with van der Waals surface area (Å²) in [5, 5.41) is 0. The van der Waals surface area contributed by atoms with Crippen LogP contribution in [0.2, 0.25) is 0 Å². The zero-order chi connectivity index (χ0) is 21.3. The zero-order valence-corrected chi connectivity index (χ0v) is 16.7. The molecular weight excluding hydrogens is 383 g/mol. The molecule has 30 heavy (non-hydrogen) atoms. The molecule has 1 unspecified atom stereocenters. The third-order valence-electron chi connectivity index (χ3n) is 5.28. The molecule has 0 spiro atoms. The molecule has 1 amide bonds. The van der Waals surface area contributed by atoms with E-state index in [0.29, 0.717) is 16.9 Å². The first-order valence-corrected chi connectivity index (χ1v) is 9.39. The summed E-state index contributed by atoms with van der Waals surface area (Å²) >= 11 is 0. The second-order valence-electron chi connectivity index (χ2n) is 7.03. The Morgan fingerprint density at radius 2 is 1.83 bits per heavy atom. The Morgan fingerprint density at radius 3 is 2.47 bits per heavy atom. The van der Waals surface area contributed by atoms with Gasteiger partial charge in [-0.1, -0.05) is 30.3 Å². The second-order valence-corrected chi connectivity index (χ2v) is 7.03. The Morgan fingerprint density at radius 1 is 1.07 bits per heavy atom. The molecule has 4 rings (SSSR count). The number of likely N-dealkylation sites (N-methyl/N-ethyl adjacent to an activating group) is 1. The topological polar surface area (TPSA) is 80.8 Å². The Labute approximate surface area is 173 Å². The minimum absolute atomic E-state index is 0.0858. The number of hydrogen-bond donors (Lipinski definition) is 1. The van der Waals surface area contributed by atoms with E-state index in [1.165, 1.54) is 11.1 Å². The average Bonchev–Trinajstić information content (AvgIpc) is 3.04. The van der Waals surface area contributed by atoms with Crippen LogP contribution in [0.15, 0.2) is 71.9 Å². The van der Waals surface area contributed by atoms with Crippen molar-refractivity contribution in [2.45, 2.75) is 12.2 Å². The number of amides is 1. The lowest BCUT2D eigenvalue weighted by Crippen LogP contribution is -2.41. The molecule has 0 bridgehead atoms. The summed E-state index contributed by atoms with van der Waals surface area (Å²) < 4.78 is 18.9. The Bertz CT molecular complexity index is 1130. The van der Waals surface area contributed by atoms with E-state index in [9.17, 15) is 9.18 Å². The van der Waals surface area contributed by atoms with E-state index in [0.717, 1.165) is 11.1 Å². The lowest BCUT2D eigenvalue weighted by molar-refractivity contribution is -0.129. The SMILES string of the molecule is COc1cc(-c2ccccc2)cc(C2(c3ccnc(CF)c3)N=C(N)N(C)C2=O)c1. The van der Waals surface area contributed by atoms with Crippen LogP contribution in [0, 0.1) is 0 Å². The summed E-state index contributed by atoms with van der Waals surface area (Å²) in [7, 11) is 3.13. The van der Waals surface area contributed by atoms with Crippen molar-refractivity contribution in [2.75, 3.05) is 14.2 Å². The van der Waals surface area contributed by atoms with E-state index in [4.69, 9.17) is 10.5 Å². The van der Waals surface area contributed by atoms with Gasteiger partial charge in [0.05, 0.1) is 12.8 Å². The third kappa shape index (κ3) is 3.08. The number of rotatable bonds is 5. The summed E-state index contributed by atoms with van der Waals surface area (Å²) in [6, 6.07) is 18.5. The van der Waals surface area contributed by atoms with Gasteiger partial charge in [0.2, 0.25) is 0 Å². The van der Waals surface area contributed by atoms with Crippen LogP contribution in [0.3, 0.4) is 0 Å². The first kappa shape index (κ1) is 19.6. The second kappa shape index (κ2) is 7.59. The maximum atomic E-state index is 13.5. The van der Waals surface area contributed by atoms with Crippen LogP contribution >= 0.6 is 0 Å². The van der Waals surface area contributed by atoms with Gasteiger partial charge in [0.1, 0.15) is 12.4 Å². The van der Waals surface area contributed by atoms with Gasteiger partial charge in [-0.05, 0) is 52.6 Å². The Balaban J connectivity index is 2.00. The minimum atomic E-state index is -1.45. The quantitative estimate of drug-likeness (QED) is 0.708. The normalized spacial score (nSPS) is 18.4. The molecule has 2 N–H and O–H groups in total. The first-order chi connectivity index (χ1) is 14.5. The predicted molar refractivity (Wildman–Crippen MR) is 113 cm³/mol. The number of aromatic nitrogens is 1. The number of aliphatic imine (C=N–C) groups is 1. The number of benzene rings is 2. The van der Waals surface area contributed by atoms with Crippen LogP contribution in [-0.4, -0.2) is 35.9 Å². The molecular formula is C23H21FN4O2. The first-order valence-electron chi connectivity index (χ1n) is 9.39. The smallest absolute Gasteiger partial charge is 0.266 e. The molecule has 1 atom stereocenters. The summed E-state index contributed by atoms with van der Waals surface area (Å²) in [5.74, 6) is 0.326. The van der Waals surface area contributed by atoms with E-state index in [1.54, 1.807) is 32.4 Å². The molecule has 1 aliphatic heterocycles. The van der Waals surface area contributed by atoms with Gasteiger partial charge in [0.25, 0.3) is 5.91 Å². The largest absolute Gasteiger partial charge is 0.497 e. The fraction of sp³-hybridized carbons (Fsp3) is 0.174. The fourth-order valence-corrected chi connectivity index (χ4v) is 3.68. The van der Waals surface area contributed by atoms with Crippen LogP contribution in [0.4, 0.5) is 4.39 Å². The summed E-state index contributed by atoms with van der Waals surface area (Å²) in [6.07, 6.45) is 1.47. The van der Waals surface area contributed by atoms with E-state index >= 15 is 0 Å². The van der Waals surface area contributed by atoms with Crippen LogP contribution in [-0.2, 0) is 17.0 Å². The number of ether oxygens (including phenoxy) is 1. The number of hydrogen-bond acceptors (Lipinski definition) is 5. The van der Waals surface area contributed by atoms with Crippen molar-refractivity contribution < 1.29 is 13.9 Å². The van der Waals surface area contributed by atoms with E-state index < -0.39 is 12.2 Å². The highest BCUT2D eigenvalue weighted by atomic mass is 19.1. The van der Waals surface area contributed by atoms with Crippen molar-refractivity contribution >= 4 is 11.9 Å². The van der Waals surface area contributed by atoms with Gasteiger partial charge in [-0.2, -0.15) is 0 Å². The molecule has 152 valence electrons. The number of halogens is 1. The van der Waals surface area contributed by atoms with Gasteiger partial charge in [-0.15, -0.1) is 0 Å². The molecule has 2 aromatic carbocycles. The number of pyridine rings is 1. The predicted octanol–water partition coefficient (Wildman–Crippen LogP) is 3.26. The zero-order valence-electron chi connectivity index (χ0n) is 16.7. The Kier molecular flexibility index (Phi) is 4.95. The molecule has 1 aromatic heterocycles. The van der Waals surface area contributed by atoms with Gasteiger partial charge in [0, 0.05) is 13.2 Å². The van der Waals surface area contributed by atoms with Crippen LogP contribution in [0.25, 0.3) is 11.1 Å². The number of nitrogens with two attached hydrogens (primary N) is 1. The number of guanidine groups is 1. The molecule has 2 heterocycles. The number of nitrogens with zero attached hydrogens (tertiary/aromatic N) is 3. The van der Waals surface area contributed by atoms with E-state index in [-0.39, 0.29) is 17.6 Å². The molecule has 7 heteroatoms. The van der Waals surface area contributed by atoms with Gasteiger partial charge < -0.3 is 10.5 Å². The highest BCUT2D eigenvalue weighted by Gasteiger charge is 2.50. The van der Waals surface area contributed by atoms with Crippen molar-refractivity contribution in [1.29, 1.82) is 0 Å². The highest BCUT2D eigenvalue weighted by molar-refractivity contribution is 6.09. The molecule has 0 radical (unpaired) electrons. The maximum Gasteiger partial charge on any atom is 0.266 e. The van der Waals surface area contributed by atoms with E-state index in [2.05, 4.69) is 9.98 Å². The lowest BCUT2D eigenvalue weighted by Gasteiger charge is -2.27. The summed E-state index contributed by atoms with van der Waals surface area (Å²) in [6.45, 7) is -0.749. The van der Waals surface area contributed by atoms with Crippen molar-refractivity contribution in [3.8, 4) is 16.9 Å². The average molecular weight is 404 g/mol. The van der Waals surface area contributed by atoms with Crippen molar-refractivity contribution in [1.82, 2.24) is 9.88 Å². The molecule has 0 saturated carbocycles. The number of carbonyl (C=O) groups is 1.